The molecule has 0 spiro atoms. The van der Waals surface area contributed by atoms with Crippen molar-refractivity contribution in [1.29, 1.82) is 0 Å². The van der Waals surface area contributed by atoms with Gasteiger partial charge in [0.25, 0.3) is 0 Å². The van der Waals surface area contributed by atoms with E-state index in [0.717, 1.165) is 36.3 Å². The molecular formula is C13H26Br2O4. The third-order valence-corrected chi connectivity index (χ3v) is 3.95. The molecule has 0 saturated carbocycles. The fourth-order valence-corrected chi connectivity index (χ4v) is 2.24. The molecular weight excluding hydrogens is 380 g/mol. The van der Waals surface area contributed by atoms with Crippen LogP contribution in [0.2, 0.25) is 0 Å². The topological polar surface area (TPSA) is 58.9 Å². The van der Waals surface area contributed by atoms with Crippen LogP contribution >= 0.6 is 31.9 Å². The molecule has 0 rings (SSSR count). The molecule has 0 aromatic carbocycles. The first-order valence-electron chi connectivity index (χ1n) is 6.74. The summed E-state index contributed by atoms with van der Waals surface area (Å²) >= 11 is 6.73. The quantitative estimate of drug-likeness (QED) is 0.344. The van der Waals surface area contributed by atoms with Crippen molar-refractivity contribution in [2.75, 3.05) is 50.3 Å². The van der Waals surface area contributed by atoms with E-state index in [9.17, 15) is 10.2 Å². The Labute approximate surface area is 133 Å². The van der Waals surface area contributed by atoms with Crippen LogP contribution in [0.4, 0.5) is 0 Å². The number of alkyl halides is 2. The highest BCUT2D eigenvalue weighted by Gasteiger charge is 2.29. The minimum Gasteiger partial charge on any atom is -0.396 e. The standard InChI is InChI=1S/C13H26Br2O4/c14-5-1-3-7-18-11-13(9-16,10-17)12-19-8-4-2-6-15/h16-17H,1-12H2. The molecule has 116 valence electrons. The van der Waals surface area contributed by atoms with Gasteiger partial charge < -0.3 is 19.7 Å². The van der Waals surface area contributed by atoms with E-state index in [1.54, 1.807) is 0 Å². The van der Waals surface area contributed by atoms with Gasteiger partial charge in [0.1, 0.15) is 0 Å². The Morgan fingerprint density at radius 2 is 1.16 bits per heavy atom. The monoisotopic (exact) mass is 404 g/mol. The predicted octanol–water partition coefficient (Wildman–Crippen LogP) is 2.34. The summed E-state index contributed by atoms with van der Waals surface area (Å²) in [7, 11) is 0. The smallest absolute Gasteiger partial charge is 0.0632 e. The van der Waals surface area contributed by atoms with Crippen LogP contribution in [0.25, 0.3) is 0 Å². The molecule has 0 unspecified atom stereocenters. The zero-order valence-corrected chi connectivity index (χ0v) is 14.6. The van der Waals surface area contributed by atoms with Gasteiger partial charge in [-0.05, 0) is 25.7 Å². The van der Waals surface area contributed by atoms with Gasteiger partial charge in [0, 0.05) is 23.9 Å². The molecule has 0 radical (unpaired) electrons. The molecule has 0 fully saturated rings. The Bertz CT molecular complexity index is 173. The number of unbranched alkanes of at least 4 members (excludes halogenated alkanes) is 2. The third-order valence-electron chi connectivity index (χ3n) is 2.83. The van der Waals surface area contributed by atoms with Gasteiger partial charge in [0.15, 0.2) is 0 Å². The SMILES string of the molecule is OCC(CO)(COCCCCBr)COCCCCBr. The number of rotatable bonds is 14. The highest BCUT2D eigenvalue weighted by molar-refractivity contribution is 9.09. The number of hydrogen-bond acceptors (Lipinski definition) is 4. The van der Waals surface area contributed by atoms with Crippen molar-refractivity contribution >= 4 is 31.9 Å². The normalized spacial score (nSPS) is 12.0. The number of aliphatic hydroxyl groups excluding tert-OH is 2. The van der Waals surface area contributed by atoms with E-state index in [4.69, 9.17) is 9.47 Å². The second-order valence-corrected chi connectivity index (χ2v) is 6.30. The van der Waals surface area contributed by atoms with Crippen molar-refractivity contribution in [2.45, 2.75) is 25.7 Å². The van der Waals surface area contributed by atoms with Crippen LogP contribution in [-0.4, -0.2) is 60.5 Å². The largest absolute Gasteiger partial charge is 0.396 e. The van der Waals surface area contributed by atoms with Gasteiger partial charge in [0.2, 0.25) is 0 Å². The number of halogens is 2. The van der Waals surface area contributed by atoms with Crippen molar-refractivity contribution in [3.05, 3.63) is 0 Å². The summed E-state index contributed by atoms with van der Waals surface area (Å²) in [5, 5.41) is 20.8. The van der Waals surface area contributed by atoms with Gasteiger partial charge in [-0.3, -0.25) is 0 Å². The first-order chi connectivity index (χ1) is 9.24. The van der Waals surface area contributed by atoms with Crippen LogP contribution in [0.3, 0.4) is 0 Å². The van der Waals surface area contributed by atoms with Gasteiger partial charge >= 0.3 is 0 Å². The molecule has 4 nitrogen and oxygen atoms in total. The lowest BCUT2D eigenvalue weighted by molar-refractivity contribution is -0.0773. The van der Waals surface area contributed by atoms with E-state index < -0.39 is 5.41 Å². The van der Waals surface area contributed by atoms with Gasteiger partial charge in [-0.1, -0.05) is 31.9 Å². The molecule has 6 heteroatoms. The number of aliphatic hydroxyl groups is 2. The first-order valence-corrected chi connectivity index (χ1v) is 8.98. The molecule has 0 aliphatic carbocycles. The fourth-order valence-electron chi connectivity index (χ4n) is 1.45. The Hall–Kier alpha value is 0.800. The summed E-state index contributed by atoms with van der Waals surface area (Å²) in [4.78, 5) is 0. The van der Waals surface area contributed by atoms with Crippen molar-refractivity contribution in [3.8, 4) is 0 Å². The van der Waals surface area contributed by atoms with E-state index in [2.05, 4.69) is 31.9 Å². The molecule has 0 atom stereocenters. The number of ether oxygens (including phenoxy) is 2. The number of hydrogen-bond donors (Lipinski definition) is 2. The van der Waals surface area contributed by atoms with Crippen LogP contribution in [0, 0.1) is 5.41 Å². The molecule has 2 N–H and O–H groups in total. The Balaban J connectivity index is 3.83. The van der Waals surface area contributed by atoms with E-state index in [1.807, 2.05) is 0 Å². The summed E-state index contributed by atoms with van der Waals surface area (Å²) in [5.41, 5.74) is -0.678. The lowest BCUT2D eigenvalue weighted by atomic mass is 9.92. The van der Waals surface area contributed by atoms with E-state index >= 15 is 0 Å². The van der Waals surface area contributed by atoms with Crippen LogP contribution in [0.15, 0.2) is 0 Å². The highest BCUT2D eigenvalue weighted by Crippen LogP contribution is 2.17. The Kier molecular flexibility index (Phi) is 14.3. The molecule has 0 aliphatic heterocycles. The average molecular weight is 406 g/mol. The molecule has 0 aliphatic rings. The second kappa shape index (κ2) is 13.8. The molecule has 0 heterocycles. The van der Waals surface area contributed by atoms with Crippen LogP contribution in [0.1, 0.15) is 25.7 Å². The van der Waals surface area contributed by atoms with Gasteiger partial charge in [0.05, 0.1) is 31.8 Å². The van der Waals surface area contributed by atoms with Crippen molar-refractivity contribution in [1.82, 2.24) is 0 Å². The molecule has 0 aromatic rings. The Morgan fingerprint density at radius 3 is 1.47 bits per heavy atom. The van der Waals surface area contributed by atoms with Crippen LogP contribution in [0.5, 0.6) is 0 Å². The molecule has 0 bridgehead atoms. The third kappa shape index (κ3) is 10.2. The first kappa shape index (κ1) is 19.8. The molecule has 0 amide bonds. The fraction of sp³-hybridized carbons (Fsp3) is 1.00. The summed E-state index contributed by atoms with van der Waals surface area (Å²) < 4.78 is 11.1. The van der Waals surface area contributed by atoms with E-state index in [-0.39, 0.29) is 13.2 Å². The maximum absolute atomic E-state index is 9.45. The van der Waals surface area contributed by atoms with Crippen LogP contribution in [-0.2, 0) is 9.47 Å². The van der Waals surface area contributed by atoms with Gasteiger partial charge in [-0.15, -0.1) is 0 Å². The van der Waals surface area contributed by atoms with E-state index in [0.29, 0.717) is 26.4 Å². The lowest BCUT2D eigenvalue weighted by Crippen LogP contribution is -2.40. The summed E-state index contributed by atoms with van der Waals surface area (Å²) in [6, 6.07) is 0. The maximum Gasteiger partial charge on any atom is 0.0632 e. The van der Waals surface area contributed by atoms with Crippen molar-refractivity contribution in [2.24, 2.45) is 5.41 Å². The summed E-state index contributed by atoms with van der Waals surface area (Å²) in [5.74, 6) is 0. The Morgan fingerprint density at radius 1 is 0.737 bits per heavy atom. The zero-order valence-electron chi connectivity index (χ0n) is 11.5. The lowest BCUT2D eigenvalue weighted by Gasteiger charge is -2.29. The van der Waals surface area contributed by atoms with E-state index in [1.165, 1.54) is 0 Å². The van der Waals surface area contributed by atoms with Crippen molar-refractivity contribution in [3.63, 3.8) is 0 Å². The molecule has 19 heavy (non-hydrogen) atoms. The van der Waals surface area contributed by atoms with Crippen molar-refractivity contribution < 1.29 is 19.7 Å². The highest BCUT2D eigenvalue weighted by atomic mass is 79.9. The predicted molar refractivity (Wildman–Crippen MR) is 84.3 cm³/mol. The molecule has 0 saturated heterocycles. The molecule has 0 aromatic heterocycles. The zero-order chi connectivity index (χ0) is 14.4. The minimum absolute atomic E-state index is 0.125. The maximum atomic E-state index is 9.45. The summed E-state index contributed by atoms with van der Waals surface area (Å²) in [6.45, 7) is 1.72. The van der Waals surface area contributed by atoms with Crippen LogP contribution < -0.4 is 0 Å². The summed E-state index contributed by atoms with van der Waals surface area (Å²) in [6.07, 6.45) is 4.08. The second-order valence-electron chi connectivity index (χ2n) is 4.71. The average Bonchev–Trinajstić information content (AvgIpc) is 2.45. The van der Waals surface area contributed by atoms with Gasteiger partial charge in [-0.2, -0.15) is 0 Å². The minimum atomic E-state index is -0.678. The van der Waals surface area contributed by atoms with Gasteiger partial charge in [-0.25, -0.2) is 0 Å².